The van der Waals surface area contributed by atoms with Crippen LogP contribution < -0.4 is 53.1 Å². The van der Waals surface area contributed by atoms with Gasteiger partial charge in [0.25, 0.3) is 35.5 Å². The smallest absolute Gasteiger partial charge is 0.406 e. The van der Waals surface area contributed by atoms with Crippen molar-refractivity contribution in [2.45, 2.75) is 103 Å². The molecule has 0 radical (unpaired) electrons. The standard InChI is InChI=1S/C44H56F6N14O14/c1-23(2)19-31(57-37(69)29(7-5-17-53-41(51)59-63(73)74)55-35(67)25-9-13-27(14-10-25)77-43(45,46)47)39(71)61-21-34(66)62(22-33(61)65)40(72)32(20-24(3)4)58-38(70)30(8-6-18-54-42(52)60-64(75)76)56-36(68)26-11-15-28(16-12-26)78-44(48,49)50/h9-16,23-24,29-32H,5-8,17-22H2,1-4H3,(H,55,67)(H,56,68)(H,57,69)(H,58,70)(H3,51,53,59)(H3,52,54,60)/t29-,30-,31-,32-/m0/s1. The molecule has 1 aliphatic rings. The van der Waals surface area contributed by atoms with E-state index in [0.29, 0.717) is 9.80 Å². The summed E-state index contributed by atoms with van der Waals surface area (Å²) in [5, 5.41) is 29.2. The Balaban J connectivity index is 1.85. The van der Waals surface area contributed by atoms with E-state index in [-0.39, 0.29) is 62.7 Å². The summed E-state index contributed by atoms with van der Waals surface area (Å²) in [5.74, 6) is -11.8. The number of nitro groups is 2. The molecule has 0 aromatic heterocycles. The van der Waals surface area contributed by atoms with Crippen LogP contribution in [0.15, 0.2) is 58.5 Å². The highest BCUT2D eigenvalue weighted by molar-refractivity contribution is 6.11. The van der Waals surface area contributed by atoms with E-state index < -0.39 is 143 Å². The number of imide groups is 2. The molecule has 10 N–H and O–H groups in total. The zero-order valence-electron chi connectivity index (χ0n) is 42.0. The molecule has 1 heterocycles. The molecule has 28 nitrogen and oxygen atoms in total. The number of hydrogen-bond donors (Lipinski definition) is 8. The molecule has 0 bridgehead atoms. The third-order valence-electron chi connectivity index (χ3n) is 10.6. The average molecular weight is 1120 g/mol. The number of amides is 8. The Morgan fingerprint density at radius 3 is 1.19 bits per heavy atom. The number of piperazine rings is 1. The monoisotopic (exact) mass is 1120 g/mol. The van der Waals surface area contributed by atoms with Crippen LogP contribution in [0.3, 0.4) is 0 Å². The van der Waals surface area contributed by atoms with Crippen LogP contribution in [0, 0.1) is 32.1 Å². The third kappa shape index (κ3) is 22.1. The number of nitrogens with one attached hydrogen (secondary N) is 6. The maximum absolute atomic E-state index is 14.1. The normalized spacial score (nSPS) is 14.9. The number of benzene rings is 2. The lowest BCUT2D eigenvalue weighted by molar-refractivity contribution is -0.525. The van der Waals surface area contributed by atoms with Gasteiger partial charge in [0.05, 0.1) is 0 Å². The first kappa shape index (κ1) is 63.4. The largest absolute Gasteiger partial charge is 0.573 e. The number of halogens is 6. The van der Waals surface area contributed by atoms with Crippen molar-refractivity contribution in [3.63, 3.8) is 0 Å². The summed E-state index contributed by atoms with van der Waals surface area (Å²) in [6.45, 7) is 3.95. The summed E-state index contributed by atoms with van der Waals surface area (Å²) < 4.78 is 84.0. The van der Waals surface area contributed by atoms with Gasteiger partial charge in [-0.25, -0.2) is 30.2 Å². The van der Waals surface area contributed by atoms with Crippen molar-refractivity contribution in [2.24, 2.45) is 33.3 Å². The van der Waals surface area contributed by atoms with Crippen LogP contribution in [0.4, 0.5) is 26.3 Å². The highest BCUT2D eigenvalue weighted by atomic mass is 19.4. The number of alkyl halides is 6. The van der Waals surface area contributed by atoms with Crippen LogP contribution >= 0.6 is 0 Å². The lowest BCUT2D eigenvalue weighted by Gasteiger charge is -2.36. The summed E-state index contributed by atoms with van der Waals surface area (Å²) in [5.41, 5.74) is 13.6. The summed E-state index contributed by atoms with van der Waals surface area (Å²) in [7, 11) is 0. The van der Waals surface area contributed by atoms with Crippen molar-refractivity contribution in [1.82, 2.24) is 41.9 Å². The van der Waals surface area contributed by atoms with E-state index in [1.54, 1.807) is 38.5 Å². The molecule has 0 saturated carbocycles. The molecule has 428 valence electrons. The van der Waals surface area contributed by atoms with Crippen LogP contribution in [-0.2, 0) is 28.8 Å². The predicted octanol–water partition coefficient (Wildman–Crippen LogP) is 0.919. The number of aliphatic imine (C=N–C) groups is 2. The van der Waals surface area contributed by atoms with Crippen LogP contribution in [-0.4, -0.2) is 142 Å². The SMILES string of the molecule is CC(C)C[C@H](NC(=O)[C@H](CCCN=C(N)N[N+](=O)[O-])NC(=O)c1ccc(OC(F)(F)F)cc1)C(=O)N1CC(=O)N(C(=O)[C@H](CC(C)C)NC(=O)[C@H](CCCN=C(N)N[N+](=O)[O-])NC(=O)c2ccc(OC(F)(F)F)cc2)CC1=O. The Labute approximate surface area is 438 Å². The molecule has 1 fully saturated rings. The van der Waals surface area contributed by atoms with Gasteiger partial charge in [0.2, 0.25) is 23.6 Å². The number of hydrazine groups is 2. The van der Waals surface area contributed by atoms with E-state index in [2.05, 4.69) is 40.7 Å². The number of hydrogen-bond acceptors (Lipinski definition) is 16. The van der Waals surface area contributed by atoms with Gasteiger partial charge in [0, 0.05) is 24.2 Å². The highest BCUT2D eigenvalue weighted by Crippen LogP contribution is 2.25. The summed E-state index contributed by atoms with van der Waals surface area (Å²) in [4.78, 5) is 140. The Kier molecular flexibility index (Phi) is 23.5. The molecule has 8 amide bonds. The maximum atomic E-state index is 14.1. The van der Waals surface area contributed by atoms with E-state index in [1.807, 2.05) is 0 Å². The van der Waals surface area contributed by atoms with Crippen molar-refractivity contribution in [1.29, 1.82) is 0 Å². The molecule has 1 aliphatic heterocycles. The van der Waals surface area contributed by atoms with Crippen molar-refractivity contribution >= 4 is 59.2 Å². The van der Waals surface area contributed by atoms with Crippen LogP contribution in [0.5, 0.6) is 11.5 Å². The number of carbonyl (C=O) groups excluding carboxylic acids is 8. The molecule has 2 aromatic rings. The minimum absolute atomic E-state index is 0.0892. The Hall–Kier alpha value is -8.88. The molecule has 2 aromatic carbocycles. The van der Waals surface area contributed by atoms with Gasteiger partial charge >= 0.3 is 12.7 Å². The fourth-order valence-corrected chi connectivity index (χ4v) is 7.21. The molecule has 78 heavy (non-hydrogen) atoms. The van der Waals surface area contributed by atoms with Gasteiger partial charge in [-0.1, -0.05) is 38.5 Å². The fraction of sp³-hybridized carbons (Fsp3) is 0.500. The van der Waals surface area contributed by atoms with Gasteiger partial charge in [-0.15, -0.1) is 26.3 Å². The zero-order valence-corrected chi connectivity index (χ0v) is 42.0. The number of ether oxygens (including phenoxy) is 2. The third-order valence-corrected chi connectivity index (χ3v) is 10.6. The van der Waals surface area contributed by atoms with E-state index >= 15 is 0 Å². The van der Waals surface area contributed by atoms with Crippen LogP contribution in [0.25, 0.3) is 0 Å². The van der Waals surface area contributed by atoms with E-state index in [9.17, 15) is 84.9 Å². The molecule has 0 aliphatic carbocycles. The van der Waals surface area contributed by atoms with Gasteiger partial charge in [-0.05, 0) is 98.9 Å². The zero-order chi connectivity index (χ0) is 58.7. The second-order valence-electron chi connectivity index (χ2n) is 17.8. The predicted molar refractivity (Wildman–Crippen MR) is 257 cm³/mol. The molecule has 4 atom stereocenters. The van der Waals surface area contributed by atoms with Gasteiger partial charge in [0.15, 0.2) is 10.1 Å². The molecular weight excluding hydrogens is 1060 g/mol. The summed E-state index contributed by atoms with van der Waals surface area (Å²) in [6, 6.07) is 0.930. The first-order valence-corrected chi connectivity index (χ1v) is 23.4. The number of guanidine groups is 2. The summed E-state index contributed by atoms with van der Waals surface area (Å²) in [6.07, 6.45) is -11.2. The van der Waals surface area contributed by atoms with Crippen molar-refractivity contribution in [3.05, 3.63) is 79.9 Å². The van der Waals surface area contributed by atoms with Gasteiger partial charge in [0.1, 0.15) is 48.8 Å². The first-order valence-electron chi connectivity index (χ1n) is 23.4. The number of carbonyl (C=O) groups is 8. The van der Waals surface area contributed by atoms with E-state index in [0.717, 1.165) is 48.5 Å². The van der Waals surface area contributed by atoms with Crippen molar-refractivity contribution in [3.8, 4) is 11.5 Å². The minimum atomic E-state index is -5.04. The molecule has 0 unspecified atom stereocenters. The Morgan fingerprint density at radius 2 is 0.910 bits per heavy atom. The van der Waals surface area contributed by atoms with Gasteiger partial charge in [-0.3, -0.25) is 48.2 Å². The Morgan fingerprint density at radius 1 is 0.590 bits per heavy atom. The van der Waals surface area contributed by atoms with Crippen LogP contribution in [0.2, 0.25) is 0 Å². The van der Waals surface area contributed by atoms with Crippen molar-refractivity contribution in [2.75, 3.05) is 26.2 Å². The molecular formula is C44H56F6N14O14. The average Bonchev–Trinajstić information content (AvgIpc) is 3.31. The summed E-state index contributed by atoms with van der Waals surface area (Å²) >= 11 is 0. The fourth-order valence-electron chi connectivity index (χ4n) is 7.21. The van der Waals surface area contributed by atoms with E-state index in [1.165, 1.54) is 0 Å². The van der Waals surface area contributed by atoms with Gasteiger partial charge in [-0.2, -0.15) is 0 Å². The topological polar surface area (TPSA) is 397 Å². The number of nitrogens with two attached hydrogens (primary N) is 2. The van der Waals surface area contributed by atoms with E-state index in [4.69, 9.17) is 11.5 Å². The molecule has 3 rings (SSSR count). The first-order chi connectivity index (χ1) is 36.3. The second kappa shape index (κ2) is 28.9. The lowest BCUT2D eigenvalue weighted by atomic mass is 10.00. The highest BCUT2D eigenvalue weighted by Gasteiger charge is 2.43. The van der Waals surface area contributed by atoms with Crippen LogP contribution in [0.1, 0.15) is 86.9 Å². The van der Waals surface area contributed by atoms with Gasteiger partial charge < -0.3 is 42.2 Å². The molecule has 34 heteroatoms. The van der Waals surface area contributed by atoms with Crippen molar-refractivity contribution < 1.29 is 84.2 Å². The second-order valence-corrected chi connectivity index (χ2v) is 17.8. The number of nitrogens with zero attached hydrogens (tertiary/aromatic N) is 6. The lowest BCUT2D eigenvalue weighted by Crippen LogP contribution is -2.64. The number of rotatable bonds is 26. The molecule has 1 saturated heterocycles. The Bertz CT molecular complexity index is 2390. The quantitative estimate of drug-likeness (QED) is 0.0162. The maximum Gasteiger partial charge on any atom is 0.573 e. The minimum Gasteiger partial charge on any atom is -0.406 e. The molecule has 0 spiro atoms.